The molecule has 25 heavy (non-hydrogen) atoms. The molecule has 0 aliphatic heterocycles. The minimum absolute atomic E-state index is 0.0511. The van der Waals surface area contributed by atoms with Gasteiger partial charge in [-0.2, -0.15) is 5.26 Å². The number of hydrogen-bond acceptors (Lipinski definition) is 5. The van der Waals surface area contributed by atoms with Gasteiger partial charge in [-0.3, -0.25) is 9.59 Å². The van der Waals surface area contributed by atoms with E-state index in [-0.39, 0.29) is 17.7 Å². The molecule has 0 fully saturated rings. The second-order valence-corrected chi connectivity index (χ2v) is 5.49. The van der Waals surface area contributed by atoms with Gasteiger partial charge in [0.15, 0.2) is 6.61 Å². The fourth-order valence-corrected chi connectivity index (χ4v) is 2.25. The number of allylic oxidation sites excluding steroid dienone is 1. The van der Waals surface area contributed by atoms with E-state index in [2.05, 4.69) is 0 Å². The Morgan fingerprint density at radius 1 is 1.04 bits per heavy atom. The van der Waals surface area contributed by atoms with Crippen molar-refractivity contribution >= 4 is 11.8 Å². The third-order valence-electron chi connectivity index (χ3n) is 3.56. The van der Waals surface area contributed by atoms with E-state index >= 15 is 0 Å². The van der Waals surface area contributed by atoms with Crippen molar-refractivity contribution in [2.45, 2.75) is 13.3 Å². The highest BCUT2D eigenvalue weighted by molar-refractivity contribution is 6.01. The highest BCUT2D eigenvalue weighted by atomic mass is 16.5. The van der Waals surface area contributed by atoms with E-state index in [1.807, 2.05) is 54.6 Å². The highest BCUT2D eigenvalue weighted by Gasteiger charge is 2.14. The molecular formula is C20H18N2O3. The standard InChI is InChI=1S/C20H18N2O3/c1-14(22)18(12-21)19(23)13-25-20(24)11-15-7-9-17(10-8-15)16-5-3-2-4-6-16/h2-10H,11,13,22H2,1H3/b18-14-. The molecule has 2 N–H and O–H groups in total. The van der Waals surface area contributed by atoms with Crippen molar-refractivity contribution in [1.82, 2.24) is 0 Å². The molecule has 0 radical (unpaired) electrons. The van der Waals surface area contributed by atoms with Crippen LogP contribution in [0.4, 0.5) is 0 Å². The Labute approximate surface area is 146 Å². The second kappa shape index (κ2) is 8.46. The Morgan fingerprint density at radius 2 is 1.64 bits per heavy atom. The lowest BCUT2D eigenvalue weighted by molar-refractivity contribution is -0.146. The Kier molecular flexibility index (Phi) is 6.08. The van der Waals surface area contributed by atoms with Crippen LogP contribution in [0.5, 0.6) is 0 Å². The molecule has 0 heterocycles. The van der Waals surface area contributed by atoms with Crippen molar-refractivity contribution in [3.05, 3.63) is 71.4 Å². The van der Waals surface area contributed by atoms with E-state index in [9.17, 15) is 9.59 Å². The zero-order chi connectivity index (χ0) is 18.2. The minimum atomic E-state index is -0.602. The van der Waals surface area contributed by atoms with E-state index in [4.69, 9.17) is 15.7 Å². The van der Waals surface area contributed by atoms with E-state index in [0.29, 0.717) is 0 Å². The molecule has 2 aromatic carbocycles. The molecule has 0 spiro atoms. The lowest BCUT2D eigenvalue weighted by atomic mass is 10.0. The summed E-state index contributed by atoms with van der Waals surface area (Å²) >= 11 is 0. The van der Waals surface area contributed by atoms with Crippen LogP contribution < -0.4 is 5.73 Å². The summed E-state index contributed by atoms with van der Waals surface area (Å²) in [6, 6.07) is 19.1. The first-order chi connectivity index (χ1) is 12.0. The Hall–Kier alpha value is -3.39. The van der Waals surface area contributed by atoms with Gasteiger partial charge in [-0.1, -0.05) is 54.6 Å². The average molecular weight is 334 g/mol. The number of Topliss-reactive ketones (excluding diaryl/α,β-unsaturated/α-hetero) is 1. The number of carbonyl (C=O) groups excluding carboxylic acids is 2. The molecule has 0 bridgehead atoms. The summed E-state index contributed by atoms with van der Waals surface area (Å²) in [4.78, 5) is 23.6. The molecule has 2 rings (SSSR count). The normalized spacial score (nSPS) is 11.2. The van der Waals surface area contributed by atoms with Gasteiger partial charge in [-0.05, 0) is 23.6 Å². The van der Waals surface area contributed by atoms with Gasteiger partial charge in [-0.15, -0.1) is 0 Å². The van der Waals surface area contributed by atoms with E-state index in [1.54, 1.807) is 6.07 Å². The van der Waals surface area contributed by atoms with Gasteiger partial charge in [0.05, 0.1) is 6.42 Å². The van der Waals surface area contributed by atoms with Gasteiger partial charge < -0.3 is 10.5 Å². The predicted molar refractivity (Wildman–Crippen MR) is 94.0 cm³/mol. The van der Waals surface area contributed by atoms with Gasteiger partial charge >= 0.3 is 5.97 Å². The number of nitrogens with two attached hydrogens (primary N) is 1. The van der Waals surface area contributed by atoms with Crippen molar-refractivity contribution in [3.8, 4) is 17.2 Å². The summed E-state index contributed by atoms with van der Waals surface area (Å²) < 4.78 is 4.93. The highest BCUT2D eigenvalue weighted by Crippen LogP contribution is 2.19. The van der Waals surface area contributed by atoms with Crippen LogP contribution in [0.1, 0.15) is 12.5 Å². The van der Waals surface area contributed by atoms with Crippen molar-refractivity contribution in [2.24, 2.45) is 5.73 Å². The molecule has 0 aromatic heterocycles. The fourth-order valence-electron chi connectivity index (χ4n) is 2.25. The summed E-state index contributed by atoms with van der Waals surface area (Å²) in [5.74, 6) is -1.14. The summed E-state index contributed by atoms with van der Waals surface area (Å²) in [7, 11) is 0. The number of nitrogens with zero attached hydrogens (tertiary/aromatic N) is 1. The van der Waals surface area contributed by atoms with Crippen molar-refractivity contribution in [1.29, 1.82) is 5.26 Å². The zero-order valence-electron chi connectivity index (χ0n) is 13.9. The first-order valence-electron chi connectivity index (χ1n) is 7.71. The number of esters is 1. The molecule has 5 heteroatoms. The predicted octanol–water partition coefficient (Wildman–Crippen LogP) is 2.76. The lowest BCUT2D eigenvalue weighted by Gasteiger charge is -2.06. The monoisotopic (exact) mass is 334 g/mol. The van der Waals surface area contributed by atoms with E-state index < -0.39 is 18.4 Å². The Balaban J connectivity index is 1.92. The molecule has 0 aliphatic rings. The number of benzene rings is 2. The average Bonchev–Trinajstić information content (AvgIpc) is 2.61. The summed E-state index contributed by atoms with van der Waals surface area (Å²) in [6.45, 7) is 0.963. The fraction of sp³-hybridized carbons (Fsp3) is 0.150. The SMILES string of the molecule is C/C(N)=C(\C#N)C(=O)COC(=O)Cc1ccc(-c2ccccc2)cc1. The molecule has 0 unspecified atom stereocenters. The maximum atomic E-state index is 11.8. The van der Waals surface area contributed by atoms with Crippen molar-refractivity contribution < 1.29 is 14.3 Å². The smallest absolute Gasteiger partial charge is 0.310 e. The molecule has 5 nitrogen and oxygen atoms in total. The van der Waals surface area contributed by atoms with Gasteiger partial charge in [0.1, 0.15) is 11.6 Å². The van der Waals surface area contributed by atoms with Gasteiger partial charge in [0.2, 0.25) is 5.78 Å². The quantitative estimate of drug-likeness (QED) is 0.498. The van der Waals surface area contributed by atoms with Crippen LogP contribution in [0, 0.1) is 11.3 Å². The number of hydrogen-bond donors (Lipinski definition) is 1. The maximum absolute atomic E-state index is 11.8. The second-order valence-electron chi connectivity index (χ2n) is 5.49. The molecule has 0 saturated heterocycles. The lowest BCUT2D eigenvalue weighted by Crippen LogP contribution is -2.18. The van der Waals surface area contributed by atoms with Gasteiger partial charge in [-0.25, -0.2) is 0 Å². The van der Waals surface area contributed by atoms with Gasteiger partial charge in [0, 0.05) is 5.70 Å². The number of rotatable bonds is 6. The van der Waals surface area contributed by atoms with Crippen LogP contribution in [0.3, 0.4) is 0 Å². The van der Waals surface area contributed by atoms with Crippen molar-refractivity contribution in [2.75, 3.05) is 6.61 Å². The topological polar surface area (TPSA) is 93.2 Å². The zero-order valence-corrected chi connectivity index (χ0v) is 13.9. The molecule has 0 aliphatic carbocycles. The Morgan fingerprint density at radius 3 is 2.20 bits per heavy atom. The molecule has 0 saturated carbocycles. The first kappa shape index (κ1) is 18.0. The molecule has 2 aromatic rings. The third kappa shape index (κ3) is 5.05. The third-order valence-corrected chi connectivity index (χ3v) is 3.56. The van der Waals surface area contributed by atoms with E-state index in [1.165, 1.54) is 6.92 Å². The summed E-state index contributed by atoms with van der Waals surface area (Å²) in [5.41, 5.74) is 8.29. The molecule has 126 valence electrons. The van der Waals surface area contributed by atoms with Crippen LogP contribution in [-0.4, -0.2) is 18.4 Å². The van der Waals surface area contributed by atoms with Crippen LogP contribution in [0.2, 0.25) is 0 Å². The van der Waals surface area contributed by atoms with Crippen LogP contribution in [-0.2, 0) is 20.7 Å². The molecule has 0 atom stereocenters. The van der Waals surface area contributed by atoms with Crippen LogP contribution in [0.15, 0.2) is 65.9 Å². The van der Waals surface area contributed by atoms with Crippen LogP contribution >= 0.6 is 0 Å². The van der Waals surface area contributed by atoms with Crippen molar-refractivity contribution in [3.63, 3.8) is 0 Å². The van der Waals surface area contributed by atoms with Gasteiger partial charge in [0.25, 0.3) is 0 Å². The maximum Gasteiger partial charge on any atom is 0.310 e. The number of ether oxygens (including phenoxy) is 1. The van der Waals surface area contributed by atoms with Crippen LogP contribution in [0.25, 0.3) is 11.1 Å². The summed E-state index contributed by atoms with van der Waals surface area (Å²) in [6.07, 6.45) is 0.0511. The largest absolute Gasteiger partial charge is 0.457 e. The number of carbonyl (C=O) groups is 2. The Bertz CT molecular complexity index is 827. The number of ketones is 1. The van der Waals surface area contributed by atoms with E-state index in [0.717, 1.165) is 16.7 Å². The first-order valence-corrected chi connectivity index (χ1v) is 7.71. The molecular weight excluding hydrogens is 316 g/mol. The minimum Gasteiger partial charge on any atom is -0.457 e. The summed E-state index contributed by atoms with van der Waals surface area (Å²) in [5, 5.41) is 8.84. The molecule has 0 amide bonds. The number of nitriles is 1.